The Bertz CT molecular complexity index is 325. The molecule has 0 bridgehead atoms. The molecule has 0 spiro atoms. The summed E-state index contributed by atoms with van der Waals surface area (Å²) in [6.45, 7) is 6.90. The lowest BCUT2D eigenvalue weighted by molar-refractivity contribution is 0.564. The quantitative estimate of drug-likeness (QED) is 0.646. The molecule has 0 aliphatic heterocycles. The van der Waals surface area contributed by atoms with Crippen molar-refractivity contribution in [2.45, 2.75) is 51.9 Å². The second kappa shape index (κ2) is 3.76. The number of benzene rings is 1. The van der Waals surface area contributed by atoms with Crippen molar-refractivity contribution in [2.75, 3.05) is 0 Å². The van der Waals surface area contributed by atoms with E-state index in [0.717, 1.165) is 11.8 Å². The maximum absolute atomic E-state index is 2.34. The van der Waals surface area contributed by atoms with E-state index in [1.165, 1.54) is 24.8 Å². The van der Waals surface area contributed by atoms with E-state index in [1.54, 1.807) is 11.1 Å². The molecule has 1 aromatic carbocycles. The summed E-state index contributed by atoms with van der Waals surface area (Å²) in [5.74, 6) is 1.66. The standard InChI is InChI=1S/C14H20/c1-4-11-9-12(5-2)14-10(3)7-6-8-13(11)14/h6-8,11-12H,4-5,9H2,1-3H3. The first-order valence-corrected chi connectivity index (χ1v) is 5.87. The van der Waals surface area contributed by atoms with Crippen LogP contribution in [0.1, 0.15) is 61.6 Å². The molecule has 0 saturated heterocycles. The van der Waals surface area contributed by atoms with Gasteiger partial charge in [-0.25, -0.2) is 0 Å². The summed E-state index contributed by atoms with van der Waals surface area (Å²) in [5, 5.41) is 0. The van der Waals surface area contributed by atoms with Gasteiger partial charge in [0.1, 0.15) is 0 Å². The SMILES string of the molecule is CCC1CC(CC)c2c(C)cccc21. The zero-order chi connectivity index (χ0) is 10.1. The van der Waals surface area contributed by atoms with Crippen molar-refractivity contribution in [3.63, 3.8) is 0 Å². The summed E-state index contributed by atoms with van der Waals surface area (Å²) in [4.78, 5) is 0. The van der Waals surface area contributed by atoms with Crippen molar-refractivity contribution in [3.05, 3.63) is 34.9 Å². The van der Waals surface area contributed by atoms with E-state index in [2.05, 4.69) is 39.0 Å². The third kappa shape index (κ3) is 1.37. The van der Waals surface area contributed by atoms with E-state index >= 15 is 0 Å². The molecule has 0 fully saturated rings. The van der Waals surface area contributed by atoms with Crippen LogP contribution in [0.15, 0.2) is 18.2 Å². The summed E-state index contributed by atoms with van der Waals surface area (Å²) in [6, 6.07) is 6.82. The minimum absolute atomic E-state index is 0.829. The molecule has 76 valence electrons. The molecule has 0 nitrogen and oxygen atoms in total. The Hall–Kier alpha value is -0.780. The van der Waals surface area contributed by atoms with Gasteiger partial charge in [-0.1, -0.05) is 32.0 Å². The lowest BCUT2D eigenvalue weighted by Crippen LogP contribution is -1.93. The van der Waals surface area contributed by atoms with Crippen LogP contribution in [0.3, 0.4) is 0 Å². The molecule has 0 radical (unpaired) electrons. The topological polar surface area (TPSA) is 0 Å². The van der Waals surface area contributed by atoms with Crippen LogP contribution in [0, 0.1) is 6.92 Å². The highest BCUT2D eigenvalue weighted by molar-refractivity contribution is 5.43. The van der Waals surface area contributed by atoms with Gasteiger partial charge in [-0.05, 0) is 54.7 Å². The predicted octanol–water partition coefficient (Wildman–Crippen LogP) is 4.39. The average Bonchev–Trinajstić information content (AvgIpc) is 2.57. The number of hydrogen-bond donors (Lipinski definition) is 0. The summed E-state index contributed by atoms with van der Waals surface area (Å²) >= 11 is 0. The van der Waals surface area contributed by atoms with Crippen LogP contribution in [0.25, 0.3) is 0 Å². The van der Waals surface area contributed by atoms with Gasteiger partial charge in [0.05, 0.1) is 0 Å². The van der Waals surface area contributed by atoms with Crippen LogP contribution >= 0.6 is 0 Å². The fraction of sp³-hybridized carbons (Fsp3) is 0.571. The van der Waals surface area contributed by atoms with Crippen molar-refractivity contribution >= 4 is 0 Å². The first-order valence-electron chi connectivity index (χ1n) is 5.87. The highest BCUT2D eigenvalue weighted by Crippen LogP contribution is 2.45. The number of aryl methyl sites for hydroxylation is 1. The maximum atomic E-state index is 2.34. The molecule has 1 aliphatic carbocycles. The molecule has 0 saturated carbocycles. The van der Waals surface area contributed by atoms with Gasteiger partial charge >= 0.3 is 0 Å². The smallest absolute Gasteiger partial charge is 0.0153 e. The Morgan fingerprint density at radius 1 is 1.14 bits per heavy atom. The highest BCUT2D eigenvalue weighted by Gasteiger charge is 2.29. The van der Waals surface area contributed by atoms with Gasteiger partial charge in [-0.2, -0.15) is 0 Å². The second-order valence-electron chi connectivity index (χ2n) is 4.52. The van der Waals surface area contributed by atoms with Crippen LogP contribution in [0.4, 0.5) is 0 Å². The van der Waals surface area contributed by atoms with Gasteiger partial charge in [-0.15, -0.1) is 0 Å². The first-order chi connectivity index (χ1) is 6.77. The zero-order valence-corrected chi connectivity index (χ0v) is 9.51. The van der Waals surface area contributed by atoms with Gasteiger partial charge in [0.25, 0.3) is 0 Å². The molecule has 2 atom stereocenters. The summed E-state index contributed by atoms with van der Waals surface area (Å²) < 4.78 is 0. The van der Waals surface area contributed by atoms with Gasteiger partial charge in [-0.3, -0.25) is 0 Å². The van der Waals surface area contributed by atoms with E-state index < -0.39 is 0 Å². The van der Waals surface area contributed by atoms with Crippen LogP contribution < -0.4 is 0 Å². The molecule has 1 aromatic rings. The Kier molecular flexibility index (Phi) is 2.62. The Morgan fingerprint density at radius 2 is 1.86 bits per heavy atom. The van der Waals surface area contributed by atoms with Crippen molar-refractivity contribution in [1.82, 2.24) is 0 Å². The van der Waals surface area contributed by atoms with Crippen molar-refractivity contribution in [2.24, 2.45) is 0 Å². The van der Waals surface area contributed by atoms with Crippen molar-refractivity contribution in [3.8, 4) is 0 Å². The van der Waals surface area contributed by atoms with Gasteiger partial charge in [0.15, 0.2) is 0 Å². The molecule has 0 heteroatoms. The third-order valence-corrected chi connectivity index (χ3v) is 3.76. The van der Waals surface area contributed by atoms with Crippen LogP contribution in [-0.4, -0.2) is 0 Å². The normalized spacial score (nSPS) is 25.1. The van der Waals surface area contributed by atoms with Crippen LogP contribution in [-0.2, 0) is 0 Å². The first kappa shape index (κ1) is 9.76. The van der Waals surface area contributed by atoms with Gasteiger partial charge in [0, 0.05) is 0 Å². The van der Waals surface area contributed by atoms with Crippen molar-refractivity contribution in [1.29, 1.82) is 0 Å². The number of hydrogen-bond acceptors (Lipinski definition) is 0. The molecular formula is C14H20. The lowest BCUT2D eigenvalue weighted by atomic mass is 9.95. The fourth-order valence-electron chi connectivity index (χ4n) is 2.96. The molecule has 0 amide bonds. The maximum Gasteiger partial charge on any atom is -0.0153 e. The van der Waals surface area contributed by atoms with Gasteiger partial charge in [0.2, 0.25) is 0 Å². The van der Waals surface area contributed by atoms with Crippen molar-refractivity contribution < 1.29 is 0 Å². The Morgan fingerprint density at radius 3 is 2.50 bits per heavy atom. The van der Waals surface area contributed by atoms with Crippen LogP contribution in [0.2, 0.25) is 0 Å². The molecule has 0 N–H and O–H groups in total. The van der Waals surface area contributed by atoms with E-state index in [9.17, 15) is 0 Å². The summed E-state index contributed by atoms with van der Waals surface area (Å²) in [7, 11) is 0. The molecule has 1 aliphatic rings. The zero-order valence-electron chi connectivity index (χ0n) is 9.51. The molecular weight excluding hydrogens is 168 g/mol. The number of rotatable bonds is 2. The second-order valence-corrected chi connectivity index (χ2v) is 4.52. The fourth-order valence-corrected chi connectivity index (χ4v) is 2.96. The summed E-state index contributed by atoms with van der Waals surface area (Å²) in [5.41, 5.74) is 4.81. The Balaban J connectivity index is 2.47. The van der Waals surface area contributed by atoms with E-state index in [-0.39, 0.29) is 0 Å². The predicted molar refractivity (Wildman–Crippen MR) is 61.9 cm³/mol. The Labute approximate surface area is 87.3 Å². The largest absolute Gasteiger partial charge is 0.0648 e. The lowest BCUT2D eigenvalue weighted by Gasteiger charge is -2.10. The van der Waals surface area contributed by atoms with Gasteiger partial charge < -0.3 is 0 Å². The van der Waals surface area contributed by atoms with E-state index in [0.29, 0.717) is 0 Å². The molecule has 14 heavy (non-hydrogen) atoms. The minimum Gasteiger partial charge on any atom is -0.0648 e. The van der Waals surface area contributed by atoms with E-state index in [4.69, 9.17) is 0 Å². The average molecular weight is 188 g/mol. The molecule has 0 aromatic heterocycles. The minimum atomic E-state index is 0.829. The molecule has 0 heterocycles. The highest BCUT2D eigenvalue weighted by atomic mass is 14.3. The summed E-state index contributed by atoms with van der Waals surface area (Å²) in [6.07, 6.45) is 3.98. The van der Waals surface area contributed by atoms with E-state index in [1.807, 2.05) is 0 Å². The molecule has 2 unspecified atom stereocenters. The number of fused-ring (bicyclic) bond motifs is 1. The van der Waals surface area contributed by atoms with Crippen LogP contribution in [0.5, 0.6) is 0 Å². The third-order valence-electron chi connectivity index (χ3n) is 3.76. The molecule has 2 rings (SSSR count). The monoisotopic (exact) mass is 188 g/mol.